The van der Waals surface area contributed by atoms with Gasteiger partial charge in [0, 0.05) is 38.6 Å². The van der Waals surface area contributed by atoms with E-state index >= 15 is 0 Å². The van der Waals surface area contributed by atoms with Gasteiger partial charge in [0.1, 0.15) is 5.75 Å². The van der Waals surface area contributed by atoms with Gasteiger partial charge >= 0.3 is 0 Å². The van der Waals surface area contributed by atoms with Crippen LogP contribution in [-0.2, 0) is 11.2 Å². The van der Waals surface area contributed by atoms with Crippen LogP contribution in [0.1, 0.15) is 44.1 Å². The fourth-order valence-corrected chi connectivity index (χ4v) is 4.19. The number of rotatable bonds is 7. The second kappa shape index (κ2) is 10.3. The molecule has 2 fully saturated rings. The number of methoxy groups -OCH3 is 1. The Balaban J connectivity index is 1.35. The second-order valence-electron chi connectivity index (χ2n) is 7.85. The Hall–Kier alpha value is -2.24. The lowest BCUT2D eigenvalue weighted by atomic mass is 10.1. The number of aryl methyl sites for hydroxylation is 1. The predicted octanol–water partition coefficient (Wildman–Crippen LogP) is 2.58. The summed E-state index contributed by atoms with van der Waals surface area (Å²) in [7, 11) is 3.49. The molecule has 1 aliphatic heterocycles. The molecule has 1 aliphatic carbocycles. The zero-order valence-corrected chi connectivity index (χ0v) is 17.2. The molecule has 3 rings (SSSR count). The largest absolute Gasteiger partial charge is 0.497 e. The number of carbonyl (C=O) groups excluding carboxylic acids is 1. The fraction of sp³-hybridized carbons (Fsp3) is 0.636. The van der Waals surface area contributed by atoms with Crippen LogP contribution in [0, 0.1) is 5.92 Å². The fourth-order valence-electron chi connectivity index (χ4n) is 4.19. The molecule has 2 N–H and O–H groups in total. The van der Waals surface area contributed by atoms with Gasteiger partial charge in [-0.25, -0.2) is 0 Å². The van der Waals surface area contributed by atoms with E-state index in [9.17, 15) is 4.79 Å². The Morgan fingerprint density at radius 3 is 2.64 bits per heavy atom. The van der Waals surface area contributed by atoms with Crippen molar-refractivity contribution in [2.75, 3.05) is 33.8 Å². The molecule has 6 heteroatoms. The van der Waals surface area contributed by atoms with Crippen molar-refractivity contribution >= 4 is 11.9 Å². The highest BCUT2D eigenvalue weighted by Gasteiger charge is 2.32. The number of guanidine groups is 1. The second-order valence-corrected chi connectivity index (χ2v) is 7.85. The van der Waals surface area contributed by atoms with Gasteiger partial charge in [0.2, 0.25) is 5.91 Å². The maximum Gasteiger partial charge on any atom is 0.225 e. The number of hydrogen-bond donors (Lipinski definition) is 2. The van der Waals surface area contributed by atoms with E-state index in [2.05, 4.69) is 27.8 Å². The molecule has 28 heavy (non-hydrogen) atoms. The number of aliphatic imine (C=N–C) groups is 1. The Morgan fingerprint density at radius 1 is 1.21 bits per heavy atom. The third-order valence-electron chi connectivity index (χ3n) is 5.86. The van der Waals surface area contributed by atoms with E-state index in [-0.39, 0.29) is 12.0 Å². The van der Waals surface area contributed by atoms with Gasteiger partial charge in [-0.05, 0) is 49.8 Å². The summed E-state index contributed by atoms with van der Waals surface area (Å²) in [5.74, 6) is 2.36. The summed E-state index contributed by atoms with van der Waals surface area (Å²) in [6.45, 7) is 2.52. The predicted molar refractivity (Wildman–Crippen MR) is 113 cm³/mol. The highest BCUT2D eigenvalue weighted by molar-refractivity contribution is 5.81. The molecule has 1 heterocycles. The highest BCUT2D eigenvalue weighted by Crippen LogP contribution is 2.27. The Kier molecular flexibility index (Phi) is 7.57. The van der Waals surface area contributed by atoms with Gasteiger partial charge in [0.05, 0.1) is 7.11 Å². The van der Waals surface area contributed by atoms with Crippen molar-refractivity contribution in [3.05, 3.63) is 29.8 Å². The van der Waals surface area contributed by atoms with Crippen molar-refractivity contribution in [1.82, 2.24) is 15.5 Å². The third-order valence-corrected chi connectivity index (χ3v) is 5.86. The first-order valence-corrected chi connectivity index (χ1v) is 10.6. The van der Waals surface area contributed by atoms with Crippen LogP contribution < -0.4 is 15.4 Å². The van der Waals surface area contributed by atoms with Gasteiger partial charge in [-0.2, -0.15) is 0 Å². The van der Waals surface area contributed by atoms with Crippen molar-refractivity contribution in [2.24, 2.45) is 10.9 Å². The number of benzene rings is 1. The lowest BCUT2D eigenvalue weighted by Crippen LogP contribution is -2.45. The minimum absolute atomic E-state index is 0.272. The summed E-state index contributed by atoms with van der Waals surface area (Å²) in [5.41, 5.74) is 1.31. The van der Waals surface area contributed by atoms with Crippen LogP contribution >= 0.6 is 0 Å². The maximum atomic E-state index is 12.6. The first kappa shape index (κ1) is 20.5. The van der Waals surface area contributed by atoms with E-state index in [1.807, 2.05) is 17.0 Å². The number of nitrogens with one attached hydrogen (secondary N) is 2. The summed E-state index contributed by atoms with van der Waals surface area (Å²) >= 11 is 0. The molecule has 6 nitrogen and oxygen atoms in total. The van der Waals surface area contributed by atoms with E-state index in [1.165, 1.54) is 18.4 Å². The van der Waals surface area contributed by atoms with E-state index in [0.29, 0.717) is 5.91 Å². The van der Waals surface area contributed by atoms with Gasteiger partial charge in [0.15, 0.2) is 5.96 Å². The summed E-state index contributed by atoms with van der Waals surface area (Å²) < 4.78 is 5.19. The van der Waals surface area contributed by atoms with Crippen LogP contribution in [0.2, 0.25) is 0 Å². The molecule has 0 aromatic heterocycles. The van der Waals surface area contributed by atoms with Crippen molar-refractivity contribution < 1.29 is 9.53 Å². The van der Waals surface area contributed by atoms with Crippen LogP contribution in [0.4, 0.5) is 0 Å². The Labute approximate surface area is 168 Å². The number of carbonyl (C=O) groups is 1. The van der Waals surface area contributed by atoms with Crippen molar-refractivity contribution in [3.8, 4) is 5.75 Å². The van der Waals surface area contributed by atoms with E-state index in [0.717, 1.165) is 63.4 Å². The van der Waals surface area contributed by atoms with Gasteiger partial charge in [-0.1, -0.05) is 25.0 Å². The van der Waals surface area contributed by atoms with Crippen LogP contribution in [0.5, 0.6) is 5.75 Å². The Bertz CT molecular complexity index is 653. The van der Waals surface area contributed by atoms with E-state index in [1.54, 1.807) is 14.2 Å². The molecule has 1 aromatic rings. The molecule has 1 aromatic carbocycles. The monoisotopic (exact) mass is 386 g/mol. The lowest BCUT2D eigenvalue weighted by molar-refractivity contribution is -0.134. The van der Waals surface area contributed by atoms with Gasteiger partial charge < -0.3 is 20.3 Å². The maximum absolute atomic E-state index is 12.6. The zero-order valence-electron chi connectivity index (χ0n) is 17.2. The quantitative estimate of drug-likeness (QED) is 0.429. The summed E-state index contributed by atoms with van der Waals surface area (Å²) in [4.78, 5) is 19.0. The van der Waals surface area contributed by atoms with Gasteiger partial charge in [-0.3, -0.25) is 9.79 Å². The average Bonchev–Trinajstić information content (AvgIpc) is 3.42. The normalized spacial score (nSPS) is 20.4. The number of hydrogen-bond acceptors (Lipinski definition) is 3. The Morgan fingerprint density at radius 2 is 1.96 bits per heavy atom. The van der Waals surface area contributed by atoms with Crippen LogP contribution in [0.15, 0.2) is 29.3 Å². The minimum Gasteiger partial charge on any atom is -0.497 e. The molecular weight excluding hydrogens is 352 g/mol. The standard InChI is InChI=1S/C22H34N4O2/c1-23-22(24-14-5-6-17-9-11-20(28-2)12-10-17)25-19-13-15-26(16-19)21(27)18-7-3-4-8-18/h9-12,18-19H,3-8,13-16H2,1-2H3,(H2,23,24,25). The number of amides is 1. The molecule has 1 amide bonds. The van der Waals surface area contributed by atoms with E-state index in [4.69, 9.17) is 4.74 Å². The molecule has 0 spiro atoms. The first-order chi connectivity index (χ1) is 13.7. The summed E-state index contributed by atoms with van der Waals surface area (Å²) in [6.07, 6.45) is 7.60. The molecule has 1 atom stereocenters. The van der Waals surface area contributed by atoms with Crippen LogP contribution in [0.25, 0.3) is 0 Å². The topological polar surface area (TPSA) is 66.0 Å². The number of likely N-dealkylation sites (tertiary alicyclic amines) is 1. The van der Waals surface area contributed by atoms with Crippen LogP contribution in [-0.4, -0.2) is 56.6 Å². The molecule has 2 aliphatic rings. The van der Waals surface area contributed by atoms with Crippen LogP contribution in [0.3, 0.4) is 0 Å². The summed E-state index contributed by atoms with van der Waals surface area (Å²) in [5, 5.41) is 6.88. The molecule has 0 bridgehead atoms. The average molecular weight is 387 g/mol. The molecule has 1 saturated carbocycles. The van der Waals surface area contributed by atoms with Gasteiger partial charge in [-0.15, -0.1) is 0 Å². The molecule has 154 valence electrons. The number of ether oxygens (including phenoxy) is 1. The van der Waals surface area contributed by atoms with Gasteiger partial charge in [0.25, 0.3) is 0 Å². The SMILES string of the molecule is CN=C(NCCCc1ccc(OC)cc1)NC1CCN(C(=O)C2CCCC2)C1. The number of nitrogens with zero attached hydrogens (tertiary/aromatic N) is 2. The zero-order chi connectivity index (χ0) is 19.8. The van der Waals surface area contributed by atoms with Crippen molar-refractivity contribution in [2.45, 2.75) is 51.0 Å². The molecule has 0 radical (unpaired) electrons. The summed E-state index contributed by atoms with van der Waals surface area (Å²) in [6, 6.07) is 8.52. The van der Waals surface area contributed by atoms with Crippen molar-refractivity contribution in [1.29, 1.82) is 0 Å². The highest BCUT2D eigenvalue weighted by atomic mass is 16.5. The lowest BCUT2D eigenvalue weighted by Gasteiger charge is -2.21. The smallest absolute Gasteiger partial charge is 0.225 e. The third kappa shape index (κ3) is 5.63. The molecular formula is C22H34N4O2. The van der Waals surface area contributed by atoms with Crippen molar-refractivity contribution in [3.63, 3.8) is 0 Å². The van der Waals surface area contributed by atoms with E-state index < -0.39 is 0 Å². The molecule has 1 unspecified atom stereocenters. The molecule has 1 saturated heterocycles. The minimum atomic E-state index is 0.272. The first-order valence-electron chi connectivity index (χ1n) is 10.6.